The van der Waals surface area contributed by atoms with Crippen molar-refractivity contribution in [3.63, 3.8) is 0 Å². The zero-order chi connectivity index (χ0) is 12.7. The first-order valence-electron chi connectivity index (χ1n) is 6.20. The van der Waals surface area contributed by atoms with Gasteiger partial charge in [0.2, 0.25) is 0 Å². The van der Waals surface area contributed by atoms with Gasteiger partial charge in [0.05, 0.1) is 19.0 Å². The fourth-order valence-corrected chi connectivity index (χ4v) is 2.62. The van der Waals surface area contributed by atoms with Crippen LogP contribution in [0.5, 0.6) is 0 Å². The first-order valence-corrected chi connectivity index (χ1v) is 8.03. The van der Waals surface area contributed by atoms with Gasteiger partial charge in [-0.05, 0) is 19.8 Å². The Morgan fingerprint density at radius 1 is 1.53 bits per heavy atom. The van der Waals surface area contributed by atoms with Crippen LogP contribution in [0.15, 0.2) is 11.6 Å². The second kappa shape index (κ2) is 7.13. The highest BCUT2D eigenvalue weighted by Gasteiger charge is 2.13. The Balaban J connectivity index is 2.29. The van der Waals surface area contributed by atoms with Crippen LogP contribution in [0, 0.1) is 0 Å². The summed E-state index contributed by atoms with van der Waals surface area (Å²) in [6.45, 7) is 6.18. The summed E-state index contributed by atoms with van der Waals surface area (Å²) in [5, 5.41) is 3.38. The fraction of sp³-hybridized carbons (Fsp3) is 0.833. The molecule has 0 spiro atoms. The Kier molecular flexibility index (Phi) is 6.16. The third kappa shape index (κ3) is 6.19. The lowest BCUT2D eigenvalue weighted by Gasteiger charge is -2.24. The van der Waals surface area contributed by atoms with Gasteiger partial charge in [-0.3, -0.25) is 0 Å². The highest BCUT2D eigenvalue weighted by molar-refractivity contribution is 7.91. The quantitative estimate of drug-likeness (QED) is 0.728. The van der Waals surface area contributed by atoms with Crippen LogP contribution < -0.4 is 5.32 Å². The summed E-state index contributed by atoms with van der Waals surface area (Å²) in [4.78, 5) is 0. The topological polar surface area (TPSA) is 55.4 Å². The van der Waals surface area contributed by atoms with Crippen molar-refractivity contribution in [3.8, 4) is 0 Å². The molecule has 1 aliphatic rings. The van der Waals surface area contributed by atoms with E-state index in [1.165, 1.54) is 5.57 Å². The molecule has 1 rings (SSSR count). The maximum absolute atomic E-state index is 11.3. The lowest BCUT2D eigenvalue weighted by molar-refractivity contribution is 0.0770. The minimum absolute atomic E-state index is 0.234. The van der Waals surface area contributed by atoms with E-state index in [2.05, 4.69) is 12.2 Å². The van der Waals surface area contributed by atoms with Gasteiger partial charge in [-0.1, -0.05) is 18.6 Å². The van der Waals surface area contributed by atoms with Crippen LogP contribution >= 0.6 is 0 Å². The van der Waals surface area contributed by atoms with Gasteiger partial charge in [0.15, 0.2) is 0 Å². The number of hydrogen-bond donors (Lipinski definition) is 1. The minimum atomic E-state index is -2.83. The van der Waals surface area contributed by atoms with Crippen LogP contribution in [0.2, 0.25) is 0 Å². The number of nitrogens with one attached hydrogen (secondary N) is 1. The molecule has 1 heterocycles. The first-order chi connectivity index (χ1) is 8.03. The predicted molar refractivity (Wildman–Crippen MR) is 69.9 cm³/mol. The molecule has 1 N–H and O–H groups in total. The molecule has 0 amide bonds. The van der Waals surface area contributed by atoms with E-state index in [4.69, 9.17) is 4.74 Å². The average molecular weight is 261 g/mol. The lowest BCUT2D eigenvalue weighted by atomic mass is 10.1. The van der Waals surface area contributed by atoms with Crippen LogP contribution in [0.4, 0.5) is 0 Å². The van der Waals surface area contributed by atoms with Crippen molar-refractivity contribution in [2.45, 2.75) is 32.7 Å². The molecule has 0 radical (unpaired) electrons. The Bertz CT molecular complexity index is 343. The largest absolute Gasteiger partial charge is 0.379 e. The van der Waals surface area contributed by atoms with E-state index in [-0.39, 0.29) is 11.5 Å². The maximum atomic E-state index is 11.3. The molecule has 0 aromatic rings. The monoisotopic (exact) mass is 261 g/mol. The fourth-order valence-electron chi connectivity index (χ4n) is 1.85. The van der Waals surface area contributed by atoms with Crippen LogP contribution in [-0.2, 0) is 14.6 Å². The molecule has 0 aliphatic carbocycles. The van der Waals surface area contributed by atoms with Crippen LogP contribution in [0.1, 0.15) is 26.7 Å². The highest BCUT2D eigenvalue weighted by atomic mass is 32.2. The third-order valence-electron chi connectivity index (χ3n) is 2.93. The first kappa shape index (κ1) is 14.7. The van der Waals surface area contributed by atoms with Gasteiger partial charge in [-0.2, -0.15) is 0 Å². The van der Waals surface area contributed by atoms with E-state index in [1.54, 1.807) is 6.92 Å². The van der Waals surface area contributed by atoms with Crippen LogP contribution in [0.25, 0.3) is 0 Å². The SMILES string of the molecule is CCS(=O)(=O)CC/C=C(/C)CC1COCCN1. The summed E-state index contributed by atoms with van der Waals surface area (Å²) in [6, 6.07) is 0.378. The van der Waals surface area contributed by atoms with Crippen molar-refractivity contribution < 1.29 is 13.2 Å². The molecular weight excluding hydrogens is 238 g/mol. The Hall–Kier alpha value is -0.390. The second-order valence-corrected chi connectivity index (χ2v) is 6.98. The lowest BCUT2D eigenvalue weighted by Crippen LogP contribution is -2.41. The van der Waals surface area contributed by atoms with E-state index < -0.39 is 9.84 Å². The van der Waals surface area contributed by atoms with E-state index in [9.17, 15) is 8.42 Å². The summed E-state index contributed by atoms with van der Waals surface area (Å²) in [7, 11) is -2.83. The Labute approximate surface area is 104 Å². The number of sulfone groups is 1. The molecule has 1 saturated heterocycles. The number of rotatable bonds is 6. The minimum Gasteiger partial charge on any atom is -0.379 e. The summed E-state index contributed by atoms with van der Waals surface area (Å²) >= 11 is 0. The summed E-state index contributed by atoms with van der Waals surface area (Å²) in [5.41, 5.74) is 1.24. The summed E-state index contributed by atoms with van der Waals surface area (Å²) < 4.78 is 28.0. The van der Waals surface area contributed by atoms with E-state index in [1.807, 2.05) is 6.08 Å². The van der Waals surface area contributed by atoms with Crippen molar-refractivity contribution in [3.05, 3.63) is 11.6 Å². The van der Waals surface area contributed by atoms with Gasteiger partial charge >= 0.3 is 0 Å². The molecule has 1 aliphatic heterocycles. The van der Waals surface area contributed by atoms with Gasteiger partial charge in [-0.25, -0.2) is 8.42 Å². The number of hydrogen-bond acceptors (Lipinski definition) is 4. The molecule has 5 heteroatoms. The highest BCUT2D eigenvalue weighted by Crippen LogP contribution is 2.09. The number of morpholine rings is 1. The second-order valence-electron chi connectivity index (χ2n) is 4.51. The number of allylic oxidation sites excluding steroid dienone is 1. The van der Waals surface area contributed by atoms with E-state index in [0.717, 1.165) is 26.2 Å². The predicted octanol–water partition coefficient (Wildman–Crippen LogP) is 1.14. The zero-order valence-electron chi connectivity index (χ0n) is 10.7. The maximum Gasteiger partial charge on any atom is 0.150 e. The molecule has 1 unspecified atom stereocenters. The molecular formula is C12H23NO3S. The average Bonchev–Trinajstić information content (AvgIpc) is 2.30. The summed E-state index contributed by atoms with van der Waals surface area (Å²) in [5.74, 6) is 0.493. The smallest absolute Gasteiger partial charge is 0.150 e. The van der Waals surface area contributed by atoms with E-state index >= 15 is 0 Å². The molecule has 0 aromatic carbocycles. The molecule has 0 bridgehead atoms. The third-order valence-corrected chi connectivity index (χ3v) is 4.67. The van der Waals surface area contributed by atoms with Crippen molar-refractivity contribution >= 4 is 9.84 Å². The van der Waals surface area contributed by atoms with Crippen LogP contribution in [-0.4, -0.2) is 45.7 Å². The van der Waals surface area contributed by atoms with Gasteiger partial charge in [-0.15, -0.1) is 0 Å². The van der Waals surface area contributed by atoms with Crippen molar-refractivity contribution in [1.29, 1.82) is 0 Å². The molecule has 100 valence electrons. The van der Waals surface area contributed by atoms with Gasteiger partial charge in [0.1, 0.15) is 9.84 Å². The Morgan fingerprint density at radius 2 is 2.29 bits per heavy atom. The molecule has 1 atom stereocenters. The van der Waals surface area contributed by atoms with Crippen molar-refractivity contribution in [1.82, 2.24) is 5.32 Å². The van der Waals surface area contributed by atoms with Crippen molar-refractivity contribution in [2.24, 2.45) is 0 Å². The van der Waals surface area contributed by atoms with Crippen molar-refractivity contribution in [2.75, 3.05) is 31.3 Å². The normalized spacial score (nSPS) is 22.7. The van der Waals surface area contributed by atoms with Gasteiger partial charge in [0.25, 0.3) is 0 Å². The van der Waals surface area contributed by atoms with Gasteiger partial charge in [0, 0.05) is 18.3 Å². The Morgan fingerprint density at radius 3 is 2.88 bits per heavy atom. The molecule has 0 saturated carbocycles. The van der Waals surface area contributed by atoms with Crippen LogP contribution in [0.3, 0.4) is 0 Å². The van der Waals surface area contributed by atoms with Gasteiger partial charge < -0.3 is 10.1 Å². The molecule has 17 heavy (non-hydrogen) atoms. The standard InChI is InChI=1S/C12H23NO3S/c1-3-17(14,15)8-4-5-11(2)9-12-10-16-7-6-13-12/h5,12-13H,3-4,6-10H2,1-2H3/b11-5-. The molecule has 1 fully saturated rings. The summed E-state index contributed by atoms with van der Waals surface area (Å²) in [6.07, 6.45) is 3.59. The zero-order valence-corrected chi connectivity index (χ0v) is 11.6. The number of ether oxygens (including phenoxy) is 1. The molecule has 0 aromatic heterocycles. The van der Waals surface area contributed by atoms with E-state index in [0.29, 0.717) is 12.5 Å². The molecule has 4 nitrogen and oxygen atoms in total.